The Morgan fingerprint density at radius 2 is 2.25 bits per heavy atom. The van der Waals surface area contributed by atoms with Crippen LogP contribution in [-0.4, -0.2) is 54.7 Å². The summed E-state index contributed by atoms with van der Waals surface area (Å²) >= 11 is 1.77. The molecule has 148 valence electrons. The Balaban J connectivity index is 1.32. The highest BCUT2D eigenvalue weighted by Gasteiger charge is 2.27. The van der Waals surface area contributed by atoms with Crippen LogP contribution >= 0.6 is 11.8 Å². The van der Waals surface area contributed by atoms with E-state index in [0.717, 1.165) is 42.0 Å². The molecule has 1 aromatic rings. The monoisotopic (exact) mass is 399 g/mol. The highest BCUT2D eigenvalue weighted by molar-refractivity contribution is 8.04. The number of aliphatic imine (C=N–C) groups is 1. The van der Waals surface area contributed by atoms with Gasteiger partial charge in [-0.1, -0.05) is 17.8 Å². The molecule has 1 saturated carbocycles. The van der Waals surface area contributed by atoms with E-state index in [1.807, 2.05) is 0 Å². The van der Waals surface area contributed by atoms with E-state index < -0.39 is 0 Å². The SMILES string of the molecule is BC1=C(Nc2cc(C3CC3)[nH]n2)N=C(C2CC=C(NCCNC(C)=O)S2)NC1. The number of nitrogens with zero attached hydrogens (tertiary/aromatic N) is 2. The number of aromatic nitrogens is 2. The largest absolute Gasteiger partial charge is 0.378 e. The van der Waals surface area contributed by atoms with E-state index in [4.69, 9.17) is 4.99 Å². The summed E-state index contributed by atoms with van der Waals surface area (Å²) in [7, 11) is 2.08. The number of aromatic amines is 1. The van der Waals surface area contributed by atoms with Gasteiger partial charge in [-0.05, 0) is 24.7 Å². The van der Waals surface area contributed by atoms with Gasteiger partial charge in [0.25, 0.3) is 0 Å². The molecule has 3 aliphatic rings. The number of anilines is 1. The van der Waals surface area contributed by atoms with Crippen LogP contribution in [0.5, 0.6) is 0 Å². The first-order valence-electron chi connectivity index (χ1n) is 9.78. The minimum absolute atomic E-state index is 0.00292. The maximum atomic E-state index is 10.9. The van der Waals surface area contributed by atoms with Gasteiger partial charge in [-0.3, -0.25) is 9.89 Å². The second-order valence-corrected chi connectivity index (χ2v) is 8.65. The minimum Gasteiger partial charge on any atom is -0.378 e. The number of nitrogens with one attached hydrogen (secondary N) is 5. The van der Waals surface area contributed by atoms with Crippen LogP contribution in [0.3, 0.4) is 0 Å². The lowest BCUT2D eigenvalue weighted by Gasteiger charge is -2.23. The lowest BCUT2D eigenvalue weighted by molar-refractivity contribution is -0.118. The van der Waals surface area contributed by atoms with Crippen molar-refractivity contribution in [3.8, 4) is 0 Å². The average molecular weight is 399 g/mol. The highest BCUT2D eigenvalue weighted by atomic mass is 32.2. The predicted molar refractivity (Wildman–Crippen MR) is 116 cm³/mol. The lowest BCUT2D eigenvalue weighted by Crippen LogP contribution is -2.37. The van der Waals surface area contributed by atoms with Gasteiger partial charge in [-0.15, -0.1) is 0 Å². The molecule has 1 atom stereocenters. The van der Waals surface area contributed by atoms with Gasteiger partial charge in [0, 0.05) is 44.2 Å². The lowest BCUT2D eigenvalue weighted by atomic mass is 9.94. The molecule has 1 fully saturated rings. The van der Waals surface area contributed by atoms with Gasteiger partial charge >= 0.3 is 0 Å². The molecule has 3 heterocycles. The maximum Gasteiger partial charge on any atom is 0.216 e. The second-order valence-electron chi connectivity index (χ2n) is 7.41. The first kappa shape index (κ1) is 19.0. The summed E-state index contributed by atoms with van der Waals surface area (Å²) in [5, 5.41) is 21.9. The van der Waals surface area contributed by atoms with Crippen molar-refractivity contribution in [2.24, 2.45) is 4.99 Å². The van der Waals surface area contributed by atoms with Gasteiger partial charge in [-0.2, -0.15) is 5.10 Å². The summed E-state index contributed by atoms with van der Waals surface area (Å²) < 4.78 is 0. The van der Waals surface area contributed by atoms with Crippen LogP contribution in [0.15, 0.2) is 33.5 Å². The van der Waals surface area contributed by atoms with Crippen LogP contribution in [0, 0.1) is 0 Å². The van der Waals surface area contributed by atoms with Crippen molar-refractivity contribution in [1.29, 1.82) is 0 Å². The molecule has 2 aliphatic heterocycles. The number of amidine groups is 1. The number of hydrogen-bond acceptors (Lipinski definition) is 7. The van der Waals surface area contributed by atoms with Crippen LogP contribution in [0.1, 0.15) is 37.8 Å². The molecule has 0 saturated heterocycles. The number of H-pyrrole nitrogens is 1. The number of thioether (sulfide) groups is 1. The standard InChI is InChI=1S/C18H26BN7OS/c1-10(27)20-6-7-21-16-5-4-14(28-16)18-22-9-12(19)17(24-18)23-15-8-13(25-26-15)11-2-3-11/h5,8,11,14,21H,2-4,6-7,9,19H2,1H3,(H,20,27)(H,22,24)(H2,23,25,26). The fraction of sp³-hybridized carbons (Fsp3) is 0.500. The molecule has 1 aliphatic carbocycles. The maximum absolute atomic E-state index is 10.9. The van der Waals surface area contributed by atoms with E-state index in [1.54, 1.807) is 11.8 Å². The van der Waals surface area contributed by atoms with E-state index in [0.29, 0.717) is 12.5 Å². The minimum atomic E-state index is -0.00292. The highest BCUT2D eigenvalue weighted by Crippen LogP contribution is 2.39. The molecule has 28 heavy (non-hydrogen) atoms. The quantitative estimate of drug-likeness (QED) is 0.323. The molecule has 8 nitrogen and oxygen atoms in total. The molecule has 1 aromatic heterocycles. The van der Waals surface area contributed by atoms with Crippen molar-refractivity contribution in [1.82, 2.24) is 26.1 Å². The summed E-state index contributed by atoms with van der Waals surface area (Å²) in [6.07, 6.45) is 5.63. The molecular weight excluding hydrogens is 373 g/mol. The Kier molecular flexibility index (Phi) is 5.65. The first-order chi connectivity index (χ1) is 13.6. The summed E-state index contributed by atoms with van der Waals surface area (Å²) in [5.41, 5.74) is 2.38. The smallest absolute Gasteiger partial charge is 0.216 e. The molecule has 4 rings (SSSR count). The number of hydrogen-bond donors (Lipinski definition) is 5. The third-order valence-corrected chi connectivity index (χ3v) is 6.19. The topological polar surface area (TPSA) is 106 Å². The molecule has 5 N–H and O–H groups in total. The van der Waals surface area contributed by atoms with Gasteiger partial charge in [0.1, 0.15) is 19.5 Å². The third-order valence-electron chi connectivity index (χ3n) is 4.92. The molecule has 1 unspecified atom stereocenters. The fourth-order valence-electron chi connectivity index (χ4n) is 3.18. The van der Waals surface area contributed by atoms with Crippen molar-refractivity contribution in [3.63, 3.8) is 0 Å². The number of amides is 1. The van der Waals surface area contributed by atoms with Crippen LogP contribution in [-0.2, 0) is 4.79 Å². The second kappa shape index (κ2) is 8.34. The van der Waals surface area contributed by atoms with Crippen molar-refractivity contribution in [3.05, 3.63) is 34.2 Å². The Hall–Kier alpha value is -2.36. The molecule has 0 radical (unpaired) electrons. The Morgan fingerprint density at radius 1 is 1.39 bits per heavy atom. The van der Waals surface area contributed by atoms with Gasteiger partial charge in [0.15, 0.2) is 5.82 Å². The average Bonchev–Trinajstić information content (AvgIpc) is 3.23. The molecule has 0 aromatic carbocycles. The predicted octanol–water partition coefficient (Wildman–Crippen LogP) is 0.576. The normalized spacial score (nSPS) is 21.7. The van der Waals surface area contributed by atoms with E-state index in [9.17, 15) is 4.79 Å². The van der Waals surface area contributed by atoms with Gasteiger partial charge in [0.2, 0.25) is 5.91 Å². The van der Waals surface area contributed by atoms with Crippen molar-refractivity contribution >= 4 is 37.2 Å². The van der Waals surface area contributed by atoms with Crippen LogP contribution in [0.2, 0.25) is 0 Å². The Morgan fingerprint density at radius 3 is 3.04 bits per heavy atom. The molecule has 0 bridgehead atoms. The van der Waals surface area contributed by atoms with E-state index in [-0.39, 0.29) is 11.2 Å². The van der Waals surface area contributed by atoms with Crippen molar-refractivity contribution < 1.29 is 4.79 Å². The zero-order valence-electron chi connectivity index (χ0n) is 16.3. The van der Waals surface area contributed by atoms with Crippen LogP contribution in [0.25, 0.3) is 0 Å². The van der Waals surface area contributed by atoms with Gasteiger partial charge in [-0.25, -0.2) is 4.99 Å². The van der Waals surface area contributed by atoms with E-state index >= 15 is 0 Å². The molecular formula is C18H26BN7OS. The number of carbonyl (C=O) groups is 1. The summed E-state index contributed by atoms with van der Waals surface area (Å²) in [5.74, 6) is 3.36. The molecule has 1 amide bonds. The van der Waals surface area contributed by atoms with E-state index in [2.05, 4.69) is 51.5 Å². The molecule has 0 spiro atoms. The van der Waals surface area contributed by atoms with Crippen molar-refractivity contribution in [2.45, 2.75) is 37.4 Å². The summed E-state index contributed by atoms with van der Waals surface area (Å²) in [6.45, 7) is 3.66. The number of rotatable bonds is 8. The number of carbonyl (C=O) groups excluding carboxylic acids is 1. The number of allylic oxidation sites excluding steroid dienone is 1. The Labute approximate surface area is 169 Å². The van der Waals surface area contributed by atoms with Crippen LogP contribution < -0.4 is 21.3 Å². The summed E-state index contributed by atoms with van der Waals surface area (Å²) in [6, 6.07) is 2.10. The zero-order chi connectivity index (χ0) is 19.5. The van der Waals surface area contributed by atoms with E-state index in [1.165, 1.54) is 30.9 Å². The van der Waals surface area contributed by atoms with Crippen LogP contribution in [0.4, 0.5) is 5.82 Å². The fourth-order valence-corrected chi connectivity index (χ4v) is 4.30. The summed E-state index contributed by atoms with van der Waals surface area (Å²) in [4.78, 5) is 15.8. The van der Waals surface area contributed by atoms with Crippen molar-refractivity contribution in [2.75, 3.05) is 25.0 Å². The molecule has 10 heteroatoms. The Bertz CT molecular complexity index is 843. The van der Waals surface area contributed by atoms with Gasteiger partial charge in [0.05, 0.1) is 10.3 Å². The first-order valence-corrected chi connectivity index (χ1v) is 10.7. The zero-order valence-corrected chi connectivity index (χ0v) is 17.1. The van der Waals surface area contributed by atoms with Gasteiger partial charge < -0.3 is 21.3 Å². The third kappa shape index (κ3) is 4.73.